The largest absolute Gasteiger partial charge is 0.481 e. The third-order valence-corrected chi connectivity index (χ3v) is 4.22. The van der Waals surface area contributed by atoms with Crippen LogP contribution in [0, 0.1) is 0 Å². The van der Waals surface area contributed by atoms with Crippen molar-refractivity contribution >= 4 is 29.7 Å². The number of aliphatic carboxylic acids is 2. The smallest absolute Gasteiger partial charge is 0.326 e. The van der Waals surface area contributed by atoms with E-state index in [4.69, 9.17) is 5.11 Å². The summed E-state index contributed by atoms with van der Waals surface area (Å²) in [6, 6.07) is 4.98. The second-order valence-electron chi connectivity index (χ2n) is 6.41. The molecule has 10 nitrogen and oxygen atoms in total. The van der Waals surface area contributed by atoms with Gasteiger partial charge in [0, 0.05) is 12.8 Å². The van der Waals surface area contributed by atoms with E-state index in [1.54, 1.807) is 30.3 Å². The number of rotatable bonds is 9. The summed E-state index contributed by atoms with van der Waals surface area (Å²) in [5.41, 5.74) is 0.669. The average molecular weight is 391 g/mol. The standard InChI is InChI=1S/C18H21N3O7/c22-14-7-6-11(19-14)16(25)20-12(9-15(23)24)17(26)21-13(18(27)28)8-10-4-2-1-3-5-10/h1-5,11-13H,6-9H2,(H,19,22)(H,20,25)(H,21,26)(H,23,24)(H,27,28)/t11-,12-,13-/m0/s1. The number of benzene rings is 1. The maximum Gasteiger partial charge on any atom is 0.326 e. The van der Waals surface area contributed by atoms with Crippen molar-refractivity contribution in [2.24, 2.45) is 0 Å². The number of carbonyl (C=O) groups is 5. The van der Waals surface area contributed by atoms with Crippen LogP contribution in [0.2, 0.25) is 0 Å². The van der Waals surface area contributed by atoms with Crippen LogP contribution in [0.25, 0.3) is 0 Å². The lowest BCUT2D eigenvalue weighted by Crippen LogP contribution is -2.55. The molecule has 0 spiro atoms. The third kappa shape index (κ3) is 6.08. The molecule has 1 aromatic carbocycles. The Hall–Kier alpha value is -3.43. The van der Waals surface area contributed by atoms with Gasteiger partial charge in [0.25, 0.3) is 0 Å². The number of carboxylic acid groups (broad SMARTS) is 2. The lowest BCUT2D eigenvalue weighted by Gasteiger charge is -2.22. The van der Waals surface area contributed by atoms with E-state index >= 15 is 0 Å². The van der Waals surface area contributed by atoms with Gasteiger partial charge in [0.15, 0.2) is 0 Å². The van der Waals surface area contributed by atoms with Crippen LogP contribution in [0.3, 0.4) is 0 Å². The quantitative estimate of drug-likeness (QED) is 0.362. The van der Waals surface area contributed by atoms with E-state index in [1.807, 2.05) is 0 Å². The van der Waals surface area contributed by atoms with Gasteiger partial charge in [-0.15, -0.1) is 0 Å². The minimum Gasteiger partial charge on any atom is -0.481 e. The highest BCUT2D eigenvalue weighted by atomic mass is 16.4. The van der Waals surface area contributed by atoms with E-state index < -0.39 is 48.3 Å². The second-order valence-corrected chi connectivity index (χ2v) is 6.41. The van der Waals surface area contributed by atoms with E-state index in [1.165, 1.54) is 0 Å². The zero-order valence-electron chi connectivity index (χ0n) is 14.9. The molecular weight excluding hydrogens is 370 g/mol. The maximum atomic E-state index is 12.5. The van der Waals surface area contributed by atoms with Gasteiger partial charge in [0.05, 0.1) is 6.42 Å². The number of nitrogens with one attached hydrogen (secondary N) is 3. The van der Waals surface area contributed by atoms with Crippen LogP contribution in [0.5, 0.6) is 0 Å². The Bertz CT molecular complexity index is 766. The monoisotopic (exact) mass is 391 g/mol. The van der Waals surface area contributed by atoms with Gasteiger partial charge in [0.1, 0.15) is 18.1 Å². The molecule has 5 N–H and O–H groups in total. The summed E-state index contributed by atoms with van der Waals surface area (Å²) < 4.78 is 0. The molecular formula is C18H21N3O7. The molecule has 1 saturated heterocycles. The first kappa shape index (κ1) is 20.9. The number of carbonyl (C=O) groups excluding carboxylic acids is 3. The number of carboxylic acids is 2. The van der Waals surface area contributed by atoms with E-state index in [0.29, 0.717) is 5.56 Å². The van der Waals surface area contributed by atoms with Gasteiger partial charge in [-0.05, 0) is 12.0 Å². The minimum atomic E-state index is -1.47. The van der Waals surface area contributed by atoms with Gasteiger partial charge in [-0.25, -0.2) is 4.79 Å². The fourth-order valence-electron chi connectivity index (χ4n) is 2.79. The van der Waals surface area contributed by atoms with Gasteiger partial charge in [-0.2, -0.15) is 0 Å². The Morgan fingerprint density at radius 3 is 2.29 bits per heavy atom. The topological polar surface area (TPSA) is 162 Å². The predicted octanol–water partition coefficient (Wildman–Crippen LogP) is -0.963. The Morgan fingerprint density at radius 2 is 1.75 bits per heavy atom. The lowest BCUT2D eigenvalue weighted by molar-refractivity contribution is -0.143. The third-order valence-electron chi connectivity index (χ3n) is 4.22. The van der Waals surface area contributed by atoms with E-state index in [0.717, 1.165) is 0 Å². The molecule has 1 heterocycles. The van der Waals surface area contributed by atoms with Gasteiger partial charge in [-0.1, -0.05) is 30.3 Å². The molecule has 0 bridgehead atoms. The first-order chi connectivity index (χ1) is 13.3. The van der Waals surface area contributed by atoms with Crippen molar-refractivity contribution in [2.75, 3.05) is 0 Å². The Kier molecular flexibility index (Phi) is 7.08. The van der Waals surface area contributed by atoms with Crippen molar-refractivity contribution in [1.29, 1.82) is 0 Å². The van der Waals surface area contributed by atoms with Crippen LogP contribution in [-0.2, 0) is 30.4 Å². The van der Waals surface area contributed by atoms with Crippen molar-refractivity contribution in [2.45, 2.75) is 43.8 Å². The number of hydrogen-bond acceptors (Lipinski definition) is 5. The molecule has 0 aliphatic carbocycles. The molecule has 1 aliphatic heterocycles. The fourth-order valence-corrected chi connectivity index (χ4v) is 2.79. The first-order valence-electron chi connectivity index (χ1n) is 8.65. The normalized spacial score (nSPS) is 17.9. The summed E-state index contributed by atoms with van der Waals surface area (Å²) in [6.07, 6.45) is -0.339. The molecule has 150 valence electrons. The Balaban J connectivity index is 2.05. The summed E-state index contributed by atoms with van der Waals surface area (Å²) >= 11 is 0. The van der Waals surface area contributed by atoms with Crippen LogP contribution >= 0.6 is 0 Å². The van der Waals surface area contributed by atoms with E-state index in [9.17, 15) is 29.1 Å². The highest BCUT2D eigenvalue weighted by Crippen LogP contribution is 2.08. The molecule has 1 aliphatic rings. The molecule has 3 amide bonds. The van der Waals surface area contributed by atoms with Crippen molar-refractivity contribution in [3.63, 3.8) is 0 Å². The van der Waals surface area contributed by atoms with Crippen molar-refractivity contribution in [3.8, 4) is 0 Å². The SMILES string of the molecule is O=C(O)C[C@H](NC(=O)[C@@H]1CCC(=O)N1)C(=O)N[C@@H](Cc1ccccc1)C(=O)O. The summed E-state index contributed by atoms with van der Waals surface area (Å²) in [5, 5.41) is 25.3. The second kappa shape index (κ2) is 9.49. The van der Waals surface area contributed by atoms with Crippen LogP contribution in [0.4, 0.5) is 0 Å². The Morgan fingerprint density at radius 1 is 1.07 bits per heavy atom. The fraction of sp³-hybridized carbons (Fsp3) is 0.389. The van der Waals surface area contributed by atoms with Gasteiger partial charge in [0.2, 0.25) is 17.7 Å². The molecule has 0 radical (unpaired) electrons. The lowest BCUT2D eigenvalue weighted by atomic mass is 10.0. The van der Waals surface area contributed by atoms with E-state index in [2.05, 4.69) is 16.0 Å². The van der Waals surface area contributed by atoms with Crippen molar-refractivity contribution in [1.82, 2.24) is 16.0 Å². The van der Waals surface area contributed by atoms with Gasteiger partial charge in [-0.3, -0.25) is 19.2 Å². The van der Waals surface area contributed by atoms with Crippen LogP contribution < -0.4 is 16.0 Å². The minimum absolute atomic E-state index is 0.00562. The molecule has 1 fully saturated rings. The molecule has 0 saturated carbocycles. The van der Waals surface area contributed by atoms with Crippen LogP contribution in [0.15, 0.2) is 30.3 Å². The van der Waals surface area contributed by atoms with Gasteiger partial charge < -0.3 is 26.2 Å². The van der Waals surface area contributed by atoms with Crippen molar-refractivity contribution in [3.05, 3.63) is 35.9 Å². The highest BCUT2D eigenvalue weighted by Gasteiger charge is 2.33. The molecule has 3 atom stereocenters. The highest BCUT2D eigenvalue weighted by molar-refractivity contribution is 5.96. The number of amides is 3. The average Bonchev–Trinajstić information content (AvgIpc) is 3.07. The molecule has 1 aromatic rings. The zero-order chi connectivity index (χ0) is 20.7. The molecule has 0 aromatic heterocycles. The molecule has 10 heteroatoms. The summed E-state index contributed by atoms with van der Waals surface area (Å²) in [4.78, 5) is 58.4. The summed E-state index contributed by atoms with van der Waals surface area (Å²) in [6.45, 7) is 0. The van der Waals surface area contributed by atoms with Crippen molar-refractivity contribution < 1.29 is 34.2 Å². The predicted molar refractivity (Wildman–Crippen MR) is 95.1 cm³/mol. The maximum absolute atomic E-state index is 12.5. The van der Waals surface area contributed by atoms with Crippen LogP contribution in [-0.4, -0.2) is 58.0 Å². The number of hydrogen-bond donors (Lipinski definition) is 5. The summed E-state index contributed by atoms with van der Waals surface area (Å²) in [7, 11) is 0. The zero-order valence-corrected chi connectivity index (χ0v) is 14.9. The first-order valence-corrected chi connectivity index (χ1v) is 8.65. The molecule has 0 unspecified atom stereocenters. The van der Waals surface area contributed by atoms with E-state index in [-0.39, 0.29) is 25.2 Å². The summed E-state index contributed by atoms with van der Waals surface area (Å²) in [5.74, 6) is -4.56. The molecule has 28 heavy (non-hydrogen) atoms. The Labute approximate surface area is 160 Å². The van der Waals surface area contributed by atoms with Crippen LogP contribution in [0.1, 0.15) is 24.8 Å². The molecule has 2 rings (SSSR count). The van der Waals surface area contributed by atoms with Gasteiger partial charge >= 0.3 is 11.9 Å².